The molecule has 26 heavy (non-hydrogen) atoms. The lowest BCUT2D eigenvalue weighted by atomic mass is 10.2. The van der Waals surface area contributed by atoms with Gasteiger partial charge >= 0.3 is 0 Å². The lowest BCUT2D eigenvalue weighted by molar-refractivity contribution is 0.102. The fraction of sp³-hybridized carbons (Fsp3) is 0.158. The van der Waals surface area contributed by atoms with Crippen LogP contribution in [0, 0.1) is 0 Å². The number of hydrogen-bond donors (Lipinski definition) is 1. The number of thiazole rings is 1. The molecule has 0 radical (unpaired) electrons. The van der Waals surface area contributed by atoms with Crippen LogP contribution in [0.1, 0.15) is 16.1 Å². The summed E-state index contributed by atoms with van der Waals surface area (Å²) in [5, 5.41) is 4.76. The molecule has 0 saturated heterocycles. The van der Waals surface area contributed by atoms with Gasteiger partial charge in [0, 0.05) is 22.7 Å². The molecular weight excluding hydrogens is 352 g/mol. The minimum Gasteiger partial charge on any atom is -0.493 e. The van der Waals surface area contributed by atoms with Gasteiger partial charge in [-0.3, -0.25) is 4.79 Å². The monoisotopic (exact) mass is 370 g/mol. The van der Waals surface area contributed by atoms with Gasteiger partial charge in [0.05, 0.1) is 25.4 Å². The summed E-state index contributed by atoms with van der Waals surface area (Å²) in [6, 6.07) is 12.2. The van der Waals surface area contributed by atoms with Crippen LogP contribution in [0.25, 0.3) is 0 Å². The molecule has 0 atom stereocenters. The van der Waals surface area contributed by atoms with Crippen molar-refractivity contribution < 1.29 is 19.0 Å². The number of amides is 1. The molecular formula is C19H18N2O4S. The highest BCUT2D eigenvalue weighted by atomic mass is 32.1. The second-order valence-corrected chi connectivity index (χ2v) is 6.04. The number of nitrogens with one attached hydrogen (secondary N) is 1. The van der Waals surface area contributed by atoms with E-state index in [2.05, 4.69) is 10.3 Å². The molecule has 6 nitrogen and oxygen atoms in total. The minimum atomic E-state index is -0.240. The van der Waals surface area contributed by atoms with E-state index in [-0.39, 0.29) is 5.91 Å². The number of ether oxygens (including phenoxy) is 3. The molecule has 7 heteroatoms. The third kappa shape index (κ3) is 4.31. The van der Waals surface area contributed by atoms with Crippen molar-refractivity contribution in [1.29, 1.82) is 0 Å². The average molecular weight is 370 g/mol. The van der Waals surface area contributed by atoms with E-state index in [1.54, 1.807) is 62.2 Å². The summed E-state index contributed by atoms with van der Waals surface area (Å²) >= 11 is 1.52. The van der Waals surface area contributed by atoms with E-state index < -0.39 is 0 Å². The molecule has 0 aliphatic heterocycles. The van der Waals surface area contributed by atoms with Crippen molar-refractivity contribution in [2.45, 2.75) is 6.61 Å². The number of nitrogens with zero attached hydrogens (tertiary/aromatic N) is 1. The SMILES string of the molecule is COc1ccc(NC(=O)c2cccc(OCc3cscn3)c2)cc1OC. The first kappa shape index (κ1) is 17.8. The predicted octanol–water partition coefficient (Wildman–Crippen LogP) is 3.99. The minimum absolute atomic E-state index is 0.240. The van der Waals surface area contributed by atoms with Crippen molar-refractivity contribution in [2.75, 3.05) is 19.5 Å². The standard InChI is InChI=1S/C19H18N2O4S/c1-23-17-7-6-14(9-18(17)24-2)21-19(22)13-4-3-5-16(8-13)25-10-15-11-26-12-20-15/h3-9,11-12H,10H2,1-2H3,(H,21,22). The van der Waals surface area contributed by atoms with Crippen molar-refractivity contribution in [3.8, 4) is 17.2 Å². The van der Waals surface area contributed by atoms with Crippen LogP contribution in [-0.4, -0.2) is 25.1 Å². The van der Waals surface area contributed by atoms with Gasteiger partial charge in [-0.15, -0.1) is 11.3 Å². The Labute approximate surface area is 155 Å². The number of anilines is 1. The van der Waals surface area contributed by atoms with Crippen molar-refractivity contribution in [3.05, 3.63) is 64.6 Å². The van der Waals surface area contributed by atoms with E-state index >= 15 is 0 Å². The second-order valence-electron chi connectivity index (χ2n) is 5.32. The summed E-state index contributed by atoms with van der Waals surface area (Å²) in [6.45, 7) is 0.365. The molecule has 0 aliphatic carbocycles. The zero-order valence-electron chi connectivity index (χ0n) is 14.4. The van der Waals surface area contributed by atoms with Gasteiger partial charge in [0.1, 0.15) is 12.4 Å². The van der Waals surface area contributed by atoms with E-state index in [1.807, 2.05) is 5.38 Å². The van der Waals surface area contributed by atoms with Gasteiger partial charge in [0.25, 0.3) is 5.91 Å². The Kier molecular flexibility index (Phi) is 5.70. The molecule has 134 valence electrons. The van der Waals surface area contributed by atoms with Gasteiger partial charge in [0.2, 0.25) is 0 Å². The zero-order valence-corrected chi connectivity index (χ0v) is 15.2. The summed E-state index contributed by atoms with van der Waals surface area (Å²) in [5.41, 5.74) is 3.72. The van der Waals surface area contributed by atoms with Crippen molar-refractivity contribution in [3.63, 3.8) is 0 Å². The predicted molar refractivity (Wildman–Crippen MR) is 100 cm³/mol. The molecule has 0 aliphatic rings. The zero-order chi connectivity index (χ0) is 18.4. The number of carbonyl (C=O) groups is 1. The first-order valence-corrected chi connectivity index (χ1v) is 8.77. The van der Waals surface area contributed by atoms with E-state index in [9.17, 15) is 4.79 Å². The maximum absolute atomic E-state index is 12.5. The largest absolute Gasteiger partial charge is 0.493 e. The normalized spacial score (nSPS) is 10.2. The number of rotatable bonds is 7. The fourth-order valence-electron chi connectivity index (χ4n) is 2.31. The van der Waals surface area contributed by atoms with Crippen molar-refractivity contribution in [1.82, 2.24) is 4.98 Å². The van der Waals surface area contributed by atoms with Gasteiger partial charge in [0.15, 0.2) is 11.5 Å². The Hall–Kier alpha value is -3.06. The summed E-state index contributed by atoms with van der Waals surface area (Å²) in [4.78, 5) is 16.7. The number of methoxy groups -OCH3 is 2. The molecule has 0 bridgehead atoms. The Bertz CT molecular complexity index is 881. The summed E-state index contributed by atoms with van der Waals surface area (Å²) in [6.07, 6.45) is 0. The molecule has 0 unspecified atom stereocenters. The molecule has 2 aromatic carbocycles. The van der Waals surface area contributed by atoms with E-state index in [0.29, 0.717) is 35.1 Å². The van der Waals surface area contributed by atoms with Crippen LogP contribution >= 0.6 is 11.3 Å². The van der Waals surface area contributed by atoms with Crippen LogP contribution in [0.3, 0.4) is 0 Å². The topological polar surface area (TPSA) is 69.7 Å². The molecule has 3 rings (SSSR count). The summed E-state index contributed by atoms with van der Waals surface area (Å²) in [5.74, 6) is 1.52. The molecule has 0 spiro atoms. The van der Waals surface area contributed by atoms with Gasteiger partial charge in [-0.05, 0) is 30.3 Å². The maximum Gasteiger partial charge on any atom is 0.255 e. The second kappa shape index (κ2) is 8.35. The van der Waals surface area contributed by atoms with Gasteiger partial charge in [-0.1, -0.05) is 6.07 Å². The lowest BCUT2D eigenvalue weighted by Crippen LogP contribution is -2.12. The molecule has 1 heterocycles. The van der Waals surface area contributed by atoms with Crippen LogP contribution in [0.4, 0.5) is 5.69 Å². The molecule has 3 aromatic rings. The quantitative estimate of drug-likeness (QED) is 0.681. The van der Waals surface area contributed by atoms with E-state index in [1.165, 1.54) is 11.3 Å². The van der Waals surface area contributed by atoms with Crippen molar-refractivity contribution >= 4 is 22.9 Å². The van der Waals surface area contributed by atoms with Crippen LogP contribution in [0.15, 0.2) is 53.4 Å². The molecule has 0 fully saturated rings. The smallest absolute Gasteiger partial charge is 0.255 e. The van der Waals surface area contributed by atoms with Crippen LogP contribution in [0.2, 0.25) is 0 Å². The van der Waals surface area contributed by atoms with Crippen molar-refractivity contribution in [2.24, 2.45) is 0 Å². The summed E-state index contributed by atoms with van der Waals surface area (Å²) in [7, 11) is 3.11. The first-order valence-electron chi connectivity index (χ1n) is 7.83. The number of benzene rings is 2. The van der Waals surface area contributed by atoms with E-state index in [0.717, 1.165) is 5.69 Å². The summed E-state index contributed by atoms with van der Waals surface area (Å²) < 4.78 is 16.1. The van der Waals surface area contributed by atoms with E-state index in [4.69, 9.17) is 14.2 Å². The van der Waals surface area contributed by atoms with Gasteiger partial charge in [-0.2, -0.15) is 0 Å². The Morgan fingerprint density at radius 1 is 1.12 bits per heavy atom. The Morgan fingerprint density at radius 3 is 2.69 bits per heavy atom. The van der Waals surface area contributed by atoms with Crippen LogP contribution in [0.5, 0.6) is 17.2 Å². The Morgan fingerprint density at radius 2 is 1.96 bits per heavy atom. The highest BCUT2D eigenvalue weighted by molar-refractivity contribution is 7.07. The molecule has 0 saturated carbocycles. The number of carbonyl (C=O) groups excluding carboxylic acids is 1. The molecule has 1 aromatic heterocycles. The third-order valence-corrected chi connectivity index (χ3v) is 4.24. The molecule has 1 N–H and O–H groups in total. The number of aromatic nitrogens is 1. The lowest BCUT2D eigenvalue weighted by Gasteiger charge is -2.11. The first-order chi connectivity index (χ1) is 12.7. The van der Waals surface area contributed by atoms with Gasteiger partial charge < -0.3 is 19.5 Å². The fourth-order valence-corrected chi connectivity index (χ4v) is 2.85. The average Bonchev–Trinajstić information content (AvgIpc) is 3.20. The Balaban J connectivity index is 1.68. The number of hydrogen-bond acceptors (Lipinski definition) is 6. The molecule has 1 amide bonds. The van der Waals surface area contributed by atoms with Crippen LogP contribution < -0.4 is 19.5 Å². The van der Waals surface area contributed by atoms with Crippen LogP contribution in [-0.2, 0) is 6.61 Å². The highest BCUT2D eigenvalue weighted by Crippen LogP contribution is 2.30. The van der Waals surface area contributed by atoms with Gasteiger partial charge in [-0.25, -0.2) is 4.98 Å². The highest BCUT2D eigenvalue weighted by Gasteiger charge is 2.10. The maximum atomic E-state index is 12.5. The third-order valence-electron chi connectivity index (χ3n) is 3.61.